The highest BCUT2D eigenvalue weighted by Crippen LogP contribution is 2.37. The van der Waals surface area contributed by atoms with E-state index in [2.05, 4.69) is 20.6 Å². The van der Waals surface area contributed by atoms with Gasteiger partial charge in [-0.15, -0.1) is 0 Å². The highest BCUT2D eigenvalue weighted by atomic mass is 16.6. The monoisotopic (exact) mass is 586 g/mol. The van der Waals surface area contributed by atoms with Gasteiger partial charge in [-0.25, -0.2) is 29.2 Å². The maximum absolute atomic E-state index is 12.2. The minimum atomic E-state index is -0.445. The SMILES string of the molecule is O=C=NC1CCC(CC2CCC(NC(=O)OCCOC(=O)NC3CCC(CC4CCC(N=C=O)CC4)CC3)CC2)CC1. The van der Waals surface area contributed by atoms with Crippen molar-refractivity contribution in [3.63, 3.8) is 0 Å². The highest BCUT2D eigenvalue weighted by Gasteiger charge is 2.29. The smallest absolute Gasteiger partial charge is 0.407 e. The Morgan fingerprint density at radius 2 is 0.833 bits per heavy atom. The van der Waals surface area contributed by atoms with Gasteiger partial charge < -0.3 is 20.1 Å². The zero-order valence-electron chi connectivity index (χ0n) is 25.1. The minimum Gasteiger partial charge on any atom is -0.446 e. The molecular formula is C32H50N4O6. The van der Waals surface area contributed by atoms with Crippen LogP contribution in [0, 0.1) is 23.7 Å². The molecule has 0 aliphatic heterocycles. The third-order valence-corrected chi connectivity index (χ3v) is 10.3. The van der Waals surface area contributed by atoms with Crippen LogP contribution in [0.25, 0.3) is 0 Å². The highest BCUT2D eigenvalue weighted by molar-refractivity contribution is 5.68. The first kappa shape index (κ1) is 32.2. The molecule has 4 aliphatic rings. The number of carbonyl (C=O) groups excluding carboxylic acids is 4. The van der Waals surface area contributed by atoms with Crippen molar-refractivity contribution in [3.8, 4) is 0 Å². The van der Waals surface area contributed by atoms with Crippen molar-refractivity contribution in [2.75, 3.05) is 13.2 Å². The van der Waals surface area contributed by atoms with Gasteiger partial charge in [0.05, 0.1) is 12.1 Å². The Kier molecular flexibility index (Phi) is 13.4. The first-order chi connectivity index (χ1) is 20.5. The van der Waals surface area contributed by atoms with E-state index in [0.29, 0.717) is 11.8 Å². The molecule has 10 heteroatoms. The van der Waals surface area contributed by atoms with E-state index >= 15 is 0 Å². The maximum Gasteiger partial charge on any atom is 0.407 e. The summed E-state index contributed by atoms with van der Waals surface area (Å²) in [5.41, 5.74) is 0. The number of hydrogen-bond donors (Lipinski definition) is 2. The van der Waals surface area contributed by atoms with E-state index in [1.165, 1.54) is 12.8 Å². The predicted molar refractivity (Wildman–Crippen MR) is 157 cm³/mol. The second-order valence-corrected chi connectivity index (χ2v) is 13.3. The summed E-state index contributed by atoms with van der Waals surface area (Å²) in [6, 6.07) is 0.623. The molecule has 0 spiro atoms. The number of nitrogens with one attached hydrogen (secondary N) is 2. The molecule has 0 aromatic heterocycles. The lowest BCUT2D eigenvalue weighted by molar-refractivity contribution is 0.0888. The van der Waals surface area contributed by atoms with E-state index in [-0.39, 0.29) is 37.4 Å². The fourth-order valence-corrected chi connectivity index (χ4v) is 7.88. The number of alkyl carbamates (subject to hydrolysis) is 2. The number of aliphatic imine (C=N–C) groups is 2. The van der Waals surface area contributed by atoms with Gasteiger partial charge in [-0.3, -0.25) is 0 Å². The number of hydrogen-bond acceptors (Lipinski definition) is 8. The lowest BCUT2D eigenvalue weighted by atomic mass is 9.76. The van der Waals surface area contributed by atoms with Gasteiger partial charge in [0.2, 0.25) is 12.2 Å². The molecule has 0 bridgehead atoms. The third-order valence-electron chi connectivity index (χ3n) is 10.3. The van der Waals surface area contributed by atoms with Crippen LogP contribution >= 0.6 is 0 Å². The van der Waals surface area contributed by atoms with Crippen LogP contribution in [0.2, 0.25) is 0 Å². The van der Waals surface area contributed by atoms with Gasteiger partial charge in [0.25, 0.3) is 0 Å². The zero-order chi connectivity index (χ0) is 29.6. The first-order valence-corrected chi connectivity index (χ1v) is 16.5. The predicted octanol–water partition coefficient (Wildman–Crippen LogP) is 6.13. The normalized spacial score (nSPS) is 33.2. The number of ether oxygens (including phenoxy) is 2. The van der Waals surface area contributed by atoms with Crippen LogP contribution in [0.4, 0.5) is 9.59 Å². The van der Waals surface area contributed by atoms with Crippen molar-refractivity contribution in [1.82, 2.24) is 10.6 Å². The van der Waals surface area contributed by atoms with Crippen LogP contribution in [-0.2, 0) is 19.1 Å². The summed E-state index contributed by atoms with van der Waals surface area (Å²) in [7, 11) is 0. The third kappa shape index (κ3) is 11.2. The summed E-state index contributed by atoms with van der Waals surface area (Å²) in [4.78, 5) is 53.1. The second kappa shape index (κ2) is 17.4. The van der Waals surface area contributed by atoms with E-state index in [9.17, 15) is 19.2 Å². The average Bonchev–Trinajstić information content (AvgIpc) is 3.00. The number of rotatable bonds is 11. The van der Waals surface area contributed by atoms with Crippen LogP contribution in [-0.4, -0.2) is 61.7 Å². The molecule has 0 aromatic carbocycles. The van der Waals surface area contributed by atoms with Crippen LogP contribution < -0.4 is 10.6 Å². The van der Waals surface area contributed by atoms with Gasteiger partial charge in [-0.05, 0) is 139 Å². The Labute approximate surface area is 250 Å². The maximum atomic E-state index is 12.2. The Morgan fingerprint density at radius 1 is 0.524 bits per heavy atom. The van der Waals surface area contributed by atoms with Gasteiger partial charge in [0, 0.05) is 12.1 Å². The molecule has 0 aromatic rings. The lowest BCUT2D eigenvalue weighted by Crippen LogP contribution is -2.40. The zero-order valence-corrected chi connectivity index (χ0v) is 25.1. The molecule has 10 nitrogen and oxygen atoms in total. The topological polar surface area (TPSA) is 136 Å². The van der Waals surface area contributed by atoms with E-state index < -0.39 is 12.2 Å². The lowest BCUT2D eigenvalue weighted by Gasteiger charge is -2.33. The molecule has 4 rings (SSSR count). The van der Waals surface area contributed by atoms with Crippen LogP contribution in [0.5, 0.6) is 0 Å². The molecule has 234 valence electrons. The second-order valence-electron chi connectivity index (χ2n) is 13.3. The van der Waals surface area contributed by atoms with E-state index in [0.717, 1.165) is 115 Å². The molecule has 0 saturated heterocycles. The molecule has 0 radical (unpaired) electrons. The molecule has 4 fully saturated rings. The van der Waals surface area contributed by atoms with Crippen molar-refractivity contribution in [2.45, 2.75) is 140 Å². The molecule has 4 saturated carbocycles. The summed E-state index contributed by atoms with van der Waals surface area (Å²) in [6.07, 6.45) is 21.8. The summed E-state index contributed by atoms with van der Waals surface area (Å²) < 4.78 is 10.5. The molecule has 2 N–H and O–H groups in total. The fourth-order valence-electron chi connectivity index (χ4n) is 7.88. The Morgan fingerprint density at radius 3 is 1.14 bits per heavy atom. The van der Waals surface area contributed by atoms with Gasteiger partial charge >= 0.3 is 12.2 Å². The first-order valence-electron chi connectivity index (χ1n) is 16.5. The Bertz CT molecular complexity index is 857. The van der Waals surface area contributed by atoms with E-state index in [1.54, 1.807) is 12.2 Å². The summed E-state index contributed by atoms with van der Waals surface area (Å²) in [5.74, 6) is 2.85. The molecule has 0 unspecified atom stereocenters. The number of nitrogens with zero attached hydrogens (tertiary/aromatic N) is 2. The molecule has 0 heterocycles. The molecule has 42 heavy (non-hydrogen) atoms. The van der Waals surface area contributed by atoms with Crippen molar-refractivity contribution in [2.24, 2.45) is 33.7 Å². The minimum absolute atomic E-state index is 0.0402. The van der Waals surface area contributed by atoms with Gasteiger partial charge in [-0.1, -0.05) is 0 Å². The van der Waals surface area contributed by atoms with E-state index in [1.807, 2.05) is 0 Å². The van der Waals surface area contributed by atoms with Crippen molar-refractivity contribution >= 4 is 24.3 Å². The summed E-state index contributed by atoms with van der Waals surface area (Å²) in [6.45, 7) is 0.0805. The van der Waals surface area contributed by atoms with Crippen molar-refractivity contribution in [1.29, 1.82) is 0 Å². The summed E-state index contributed by atoms with van der Waals surface area (Å²) in [5, 5.41) is 5.94. The quantitative estimate of drug-likeness (QED) is 0.170. The summed E-state index contributed by atoms with van der Waals surface area (Å²) >= 11 is 0. The van der Waals surface area contributed by atoms with Gasteiger partial charge in [0.1, 0.15) is 13.2 Å². The molecule has 4 aliphatic carbocycles. The van der Waals surface area contributed by atoms with Crippen molar-refractivity contribution < 1.29 is 28.7 Å². The largest absolute Gasteiger partial charge is 0.446 e. The van der Waals surface area contributed by atoms with Crippen LogP contribution in [0.15, 0.2) is 9.98 Å². The molecule has 0 atom stereocenters. The molecule has 2 amide bonds. The fraction of sp³-hybridized carbons (Fsp3) is 0.875. The van der Waals surface area contributed by atoms with Gasteiger partial charge in [-0.2, -0.15) is 0 Å². The standard InChI is InChI=1S/C32H50N4O6/c37-21-33-27-9-1-23(2-10-27)19-25-5-13-29(14-6-25)35-31(39)41-17-18-42-32(40)36-30-15-7-26(8-16-30)20-24-3-11-28(12-4-24)34-22-38/h23-30H,1-20H2,(H,35,39)(H,36,40). The average molecular weight is 587 g/mol. The van der Waals surface area contributed by atoms with Crippen molar-refractivity contribution in [3.05, 3.63) is 0 Å². The van der Waals surface area contributed by atoms with Crippen LogP contribution in [0.1, 0.15) is 116 Å². The van der Waals surface area contributed by atoms with E-state index in [4.69, 9.17) is 9.47 Å². The van der Waals surface area contributed by atoms with Gasteiger partial charge in [0.15, 0.2) is 0 Å². The molecular weight excluding hydrogens is 536 g/mol. The number of amides is 2. The van der Waals surface area contributed by atoms with Crippen LogP contribution in [0.3, 0.4) is 0 Å². The number of isocyanates is 2. The Balaban J connectivity index is 0.983. The number of carbonyl (C=O) groups is 2. The Hall–Kier alpha value is -2.70.